The lowest BCUT2D eigenvalue weighted by molar-refractivity contribution is 0.651. The van der Waals surface area contributed by atoms with E-state index in [9.17, 15) is 0 Å². The normalized spacial score (nSPS) is 13.8. The van der Waals surface area contributed by atoms with Gasteiger partial charge in [0.2, 0.25) is 0 Å². The molecular formula is C14H20ClN3. The third-order valence-corrected chi connectivity index (χ3v) is 3.64. The minimum atomic E-state index is 0.153. The summed E-state index contributed by atoms with van der Waals surface area (Å²) in [5.74, 6) is 0. The maximum absolute atomic E-state index is 8.73. The number of hydrogen-bond acceptors (Lipinski definition) is 3. The Morgan fingerprint density at radius 3 is 2.61 bits per heavy atom. The Kier molecular flexibility index (Phi) is 5.46. The molecule has 0 saturated carbocycles. The van der Waals surface area contributed by atoms with E-state index in [1.54, 1.807) is 0 Å². The summed E-state index contributed by atoms with van der Waals surface area (Å²) in [6.07, 6.45) is 0.488. The average molecular weight is 266 g/mol. The van der Waals surface area contributed by atoms with Crippen LogP contribution in [0.1, 0.15) is 31.9 Å². The molecule has 18 heavy (non-hydrogen) atoms. The molecule has 0 aliphatic rings. The smallest absolute Gasteiger partial charge is 0.0643 e. The molecule has 0 aromatic heterocycles. The molecule has 3 nitrogen and oxygen atoms in total. The molecule has 0 aliphatic heterocycles. The van der Waals surface area contributed by atoms with Crippen molar-refractivity contribution in [2.45, 2.75) is 32.4 Å². The molecule has 1 N–H and O–H groups in total. The second-order valence-electron chi connectivity index (χ2n) is 4.54. The van der Waals surface area contributed by atoms with E-state index in [0.29, 0.717) is 6.42 Å². The number of halogens is 1. The Morgan fingerprint density at radius 1 is 1.44 bits per heavy atom. The van der Waals surface area contributed by atoms with Crippen LogP contribution in [0.2, 0.25) is 5.02 Å². The summed E-state index contributed by atoms with van der Waals surface area (Å²) < 4.78 is 0. The molecule has 0 radical (unpaired) electrons. The van der Waals surface area contributed by atoms with Crippen molar-refractivity contribution in [3.63, 3.8) is 0 Å². The summed E-state index contributed by atoms with van der Waals surface area (Å²) in [6.45, 7) is 4.11. The maximum Gasteiger partial charge on any atom is 0.0643 e. The zero-order chi connectivity index (χ0) is 13.7. The van der Waals surface area contributed by atoms with Gasteiger partial charge in [-0.3, -0.25) is 0 Å². The van der Waals surface area contributed by atoms with E-state index in [4.69, 9.17) is 16.9 Å². The van der Waals surface area contributed by atoms with Crippen molar-refractivity contribution in [2.24, 2.45) is 0 Å². The van der Waals surface area contributed by atoms with E-state index in [1.807, 2.05) is 38.1 Å². The monoisotopic (exact) mass is 265 g/mol. The van der Waals surface area contributed by atoms with Gasteiger partial charge in [0, 0.05) is 19.1 Å². The summed E-state index contributed by atoms with van der Waals surface area (Å²) in [7, 11) is 3.89. The fraction of sp³-hybridized carbons (Fsp3) is 0.500. The predicted molar refractivity (Wildman–Crippen MR) is 77.0 cm³/mol. The summed E-state index contributed by atoms with van der Waals surface area (Å²) in [6, 6.07) is 8.67. The van der Waals surface area contributed by atoms with Gasteiger partial charge in [0.05, 0.1) is 23.2 Å². The standard InChI is InChI=1S/C14H20ClN3/c1-10(7-8-16)18(4)14-6-5-12(9-13(14)15)11(2)17-3/h5-6,9-11,17H,7H2,1-4H3. The lowest BCUT2D eigenvalue weighted by Gasteiger charge is -2.26. The topological polar surface area (TPSA) is 39.1 Å². The number of nitrogens with one attached hydrogen (secondary N) is 1. The predicted octanol–water partition coefficient (Wildman–Crippen LogP) is 3.36. The van der Waals surface area contributed by atoms with Crippen LogP contribution in [0.25, 0.3) is 0 Å². The molecule has 0 fully saturated rings. The molecule has 2 atom stereocenters. The van der Waals surface area contributed by atoms with Crippen molar-refractivity contribution in [2.75, 3.05) is 19.0 Å². The van der Waals surface area contributed by atoms with Crippen LogP contribution >= 0.6 is 11.6 Å². The van der Waals surface area contributed by atoms with E-state index in [1.165, 1.54) is 0 Å². The van der Waals surface area contributed by atoms with E-state index in [0.717, 1.165) is 16.3 Å². The summed E-state index contributed by atoms with van der Waals surface area (Å²) in [5, 5.41) is 12.6. The van der Waals surface area contributed by atoms with E-state index < -0.39 is 0 Å². The maximum atomic E-state index is 8.73. The molecule has 0 saturated heterocycles. The van der Waals surface area contributed by atoms with Crippen LogP contribution in [0.3, 0.4) is 0 Å². The third kappa shape index (κ3) is 3.38. The third-order valence-electron chi connectivity index (χ3n) is 3.33. The minimum Gasteiger partial charge on any atom is -0.370 e. The Hall–Kier alpha value is -1.24. The van der Waals surface area contributed by atoms with Gasteiger partial charge >= 0.3 is 0 Å². The first-order chi connectivity index (χ1) is 8.51. The summed E-state index contributed by atoms with van der Waals surface area (Å²) in [5.41, 5.74) is 2.12. The first kappa shape index (κ1) is 14.8. The molecular weight excluding hydrogens is 246 g/mol. The van der Waals surface area contributed by atoms with E-state index in [2.05, 4.69) is 24.4 Å². The van der Waals surface area contributed by atoms with Gasteiger partial charge in [0.15, 0.2) is 0 Å². The Balaban J connectivity index is 2.95. The number of nitriles is 1. The lowest BCUT2D eigenvalue weighted by atomic mass is 10.1. The van der Waals surface area contributed by atoms with Crippen LogP contribution in [0.4, 0.5) is 5.69 Å². The van der Waals surface area contributed by atoms with Gasteiger partial charge in [0.25, 0.3) is 0 Å². The highest BCUT2D eigenvalue weighted by Crippen LogP contribution is 2.29. The van der Waals surface area contributed by atoms with Crippen molar-refractivity contribution in [1.82, 2.24) is 5.32 Å². The Labute approximate surface area is 114 Å². The highest BCUT2D eigenvalue weighted by atomic mass is 35.5. The first-order valence-electron chi connectivity index (χ1n) is 6.07. The van der Waals surface area contributed by atoms with Gasteiger partial charge in [-0.2, -0.15) is 5.26 Å². The molecule has 0 aliphatic carbocycles. The van der Waals surface area contributed by atoms with Gasteiger partial charge in [0.1, 0.15) is 0 Å². The van der Waals surface area contributed by atoms with Gasteiger partial charge < -0.3 is 10.2 Å². The lowest BCUT2D eigenvalue weighted by Crippen LogP contribution is -2.28. The van der Waals surface area contributed by atoms with Crippen molar-refractivity contribution in [3.05, 3.63) is 28.8 Å². The van der Waals surface area contributed by atoms with Crippen LogP contribution in [0.5, 0.6) is 0 Å². The molecule has 0 amide bonds. The van der Waals surface area contributed by atoms with Crippen molar-refractivity contribution in [1.29, 1.82) is 5.26 Å². The number of rotatable bonds is 5. The SMILES string of the molecule is CNC(C)c1ccc(N(C)C(C)CC#N)c(Cl)c1. The summed E-state index contributed by atoms with van der Waals surface area (Å²) >= 11 is 6.32. The molecule has 0 bridgehead atoms. The highest BCUT2D eigenvalue weighted by Gasteiger charge is 2.14. The van der Waals surface area contributed by atoms with Gasteiger partial charge in [-0.05, 0) is 38.6 Å². The van der Waals surface area contributed by atoms with Crippen LogP contribution in [-0.2, 0) is 0 Å². The van der Waals surface area contributed by atoms with Crippen LogP contribution < -0.4 is 10.2 Å². The van der Waals surface area contributed by atoms with Crippen LogP contribution in [0, 0.1) is 11.3 Å². The molecule has 4 heteroatoms. The quantitative estimate of drug-likeness (QED) is 0.887. The van der Waals surface area contributed by atoms with Gasteiger partial charge in [-0.15, -0.1) is 0 Å². The fourth-order valence-corrected chi connectivity index (χ4v) is 2.07. The van der Waals surface area contributed by atoms with E-state index in [-0.39, 0.29) is 12.1 Å². The average Bonchev–Trinajstić information content (AvgIpc) is 2.37. The minimum absolute atomic E-state index is 0.153. The fourth-order valence-electron chi connectivity index (χ4n) is 1.75. The van der Waals surface area contributed by atoms with Crippen LogP contribution in [0.15, 0.2) is 18.2 Å². The number of hydrogen-bond donors (Lipinski definition) is 1. The van der Waals surface area contributed by atoms with Gasteiger partial charge in [-0.1, -0.05) is 17.7 Å². The van der Waals surface area contributed by atoms with Crippen LogP contribution in [-0.4, -0.2) is 20.1 Å². The first-order valence-corrected chi connectivity index (χ1v) is 6.45. The molecule has 0 spiro atoms. The van der Waals surface area contributed by atoms with E-state index >= 15 is 0 Å². The summed E-state index contributed by atoms with van der Waals surface area (Å²) in [4.78, 5) is 2.04. The van der Waals surface area contributed by atoms with Crippen molar-refractivity contribution >= 4 is 17.3 Å². The zero-order valence-electron chi connectivity index (χ0n) is 11.4. The molecule has 2 unspecified atom stereocenters. The molecule has 1 rings (SSSR count). The number of nitrogens with zero attached hydrogens (tertiary/aromatic N) is 2. The largest absolute Gasteiger partial charge is 0.370 e. The number of benzene rings is 1. The zero-order valence-corrected chi connectivity index (χ0v) is 12.1. The Morgan fingerprint density at radius 2 is 2.11 bits per heavy atom. The number of anilines is 1. The van der Waals surface area contributed by atoms with Gasteiger partial charge in [-0.25, -0.2) is 0 Å². The second-order valence-corrected chi connectivity index (χ2v) is 4.95. The Bertz CT molecular complexity index is 439. The van der Waals surface area contributed by atoms with Crippen molar-refractivity contribution in [3.8, 4) is 6.07 Å². The highest BCUT2D eigenvalue weighted by molar-refractivity contribution is 6.33. The molecule has 1 aromatic rings. The second kappa shape index (κ2) is 6.63. The molecule has 0 heterocycles. The molecule has 98 valence electrons. The molecule has 1 aromatic carbocycles. The van der Waals surface area contributed by atoms with Crippen molar-refractivity contribution < 1.29 is 0 Å².